The van der Waals surface area contributed by atoms with Gasteiger partial charge in [-0.15, -0.1) is 24.0 Å². The highest BCUT2D eigenvalue weighted by atomic mass is 79.9. The van der Waals surface area contributed by atoms with Crippen molar-refractivity contribution in [3.05, 3.63) is 22.0 Å². The van der Waals surface area contributed by atoms with Gasteiger partial charge in [0.15, 0.2) is 0 Å². The summed E-state index contributed by atoms with van der Waals surface area (Å²) in [6.45, 7) is 0. The lowest BCUT2D eigenvalue weighted by molar-refractivity contribution is 0.415. The minimum Gasteiger partial charge on any atom is -0.497 e. The molecule has 0 N–H and O–H groups in total. The van der Waals surface area contributed by atoms with Crippen LogP contribution in [-0.2, 0) is 0 Å². The molecule has 0 atom stereocenters. The summed E-state index contributed by atoms with van der Waals surface area (Å²) < 4.78 is 7.39. The first kappa shape index (κ1) is 9.37. The van der Waals surface area contributed by atoms with Crippen molar-refractivity contribution in [2.45, 2.75) is 4.90 Å². The highest BCUT2D eigenvalue weighted by Crippen LogP contribution is 2.37. The molecule has 1 nitrogen and oxygen atoms in total. The molecule has 1 aromatic heterocycles. The van der Waals surface area contributed by atoms with Crippen LogP contribution < -0.4 is 4.74 Å². The summed E-state index contributed by atoms with van der Waals surface area (Å²) in [7, 11) is 1.67. The lowest BCUT2D eigenvalue weighted by Crippen LogP contribution is -1.81. The van der Waals surface area contributed by atoms with Gasteiger partial charge in [0, 0.05) is 24.8 Å². The number of benzene rings is 1. The molecule has 0 bridgehead atoms. The Morgan fingerprint density at radius 3 is 2.92 bits per heavy atom. The van der Waals surface area contributed by atoms with Crippen molar-refractivity contribution in [1.29, 1.82) is 0 Å². The van der Waals surface area contributed by atoms with Gasteiger partial charge in [-0.05, 0) is 28.1 Å². The normalized spacial score (nSPS) is 10.7. The average molecular weight is 275 g/mol. The largest absolute Gasteiger partial charge is 0.497 e. The summed E-state index contributed by atoms with van der Waals surface area (Å²) in [5.41, 5.74) is 0. The predicted octanol–water partition coefficient (Wildman–Crippen LogP) is 3.96. The molecule has 0 spiro atoms. The van der Waals surface area contributed by atoms with E-state index in [1.807, 2.05) is 17.5 Å². The summed E-state index contributed by atoms with van der Waals surface area (Å²) in [6.07, 6.45) is 0. The second-order valence-electron chi connectivity index (χ2n) is 2.60. The molecular formula is C9H7BrOS2. The van der Waals surface area contributed by atoms with Crippen LogP contribution in [0.25, 0.3) is 10.1 Å². The first-order valence-corrected chi connectivity index (χ1v) is 5.78. The van der Waals surface area contributed by atoms with Gasteiger partial charge in [-0.3, -0.25) is 0 Å². The monoisotopic (exact) mass is 274 g/mol. The van der Waals surface area contributed by atoms with Crippen LogP contribution in [0.3, 0.4) is 0 Å². The lowest BCUT2D eigenvalue weighted by atomic mass is 10.2. The van der Waals surface area contributed by atoms with Crippen LogP contribution in [-0.4, -0.2) is 7.11 Å². The average Bonchev–Trinajstić information content (AvgIpc) is 2.48. The summed E-state index contributed by atoms with van der Waals surface area (Å²) >= 11 is 9.54. The Balaban J connectivity index is 2.79. The van der Waals surface area contributed by atoms with Crippen LogP contribution >= 0.6 is 39.9 Å². The Labute approximate surface area is 94.3 Å². The number of methoxy groups -OCH3 is 1. The zero-order valence-corrected chi connectivity index (χ0v) is 10.2. The van der Waals surface area contributed by atoms with Crippen molar-refractivity contribution >= 4 is 50.0 Å². The van der Waals surface area contributed by atoms with Crippen molar-refractivity contribution in [2.75, 3.05) is 7.11 Å². The fourth-order valence-corrected chi connectivity index (χ4v) is 3.49. The fraction of sp³-hybridized carbons (Fsp3) is 0.111. The first-order valence-electron chi connectivity index (χ1n) is 3.66. The number of hydrogen-bond acceptors (Lipinski definition) is 3. The maximum atomic E-state index is 5.16. The molecule has 0 aliphatic heterocycles. The standard InChI is InChI=1S/C9H7BrOS2/c1-11-5-2-6(10)9-7(12)4-13-8(9)3-5/h2-4,12H,1H3. The number of fused-ring (bicyclic) bond motifs is 1. The molecule has 0 saturated heterocycles. The SMILES string of the molecule is COc1cc(Br)c2c(S)csc2c1. The highest BCUT2D eigenvalue weighted by molar-refractivity contribution is 9.10. The Bertz CT molecular complexity index is 450. The number of halogens is 1. The van der Waals surface area contributed by atoms with Gasteiger partial charge in [-0.2, -0.15) is 0 Å². The maximum Gasteiger partial charge on any atom is 0.121 e. The quantitative estimate of drug-likeness (QED) is 0.775. The van der Waals surface area contributed by atoms with Gasteiger partial charge >= 0.3 is 0 Å². The molecule has 0 radical (unpaired) electrons. The van der Waals surface area contributed by atoms with E-state index in [2.05, 4.69) is 28.6 Å². The van der Waals surface area contributed by atoms with Crippen LogP contribution in [0.1, 0.15) is 0 Å². The second kappa shape index (κ2) is 3.52. The molecule has 68 valence electrons. The third-order valence-corrected chi connectivity index (χ3v) is 3.90. The Kier molecular flexibility index (Phi) is 2.53. The minimum atomic E-state index is 0.870. The highest BCUT2D eigenvalue weighted by Gasteiger charge is 2.06. The summed E-state index contributed by atoms with van der Waals surface area (Å²) in [5.74, 6) is 0.870. The molecule has 0 aliphatic carbocycles. The van der Waals surface area contributed by atoms with Gasteiger partial charge < -0.3 is 4.74 Å². The first-order chi connectivity index (χ1) is 6.22. The van der Waals surface area contributed by atoms with E-state index in [4.69, 9.17) is 4.74 Å². The molecule has 0 unspecified atom stereocenters. The van der Waals surface area contributed by atoms with E-state index in [0.717, 1.165) is 20.5 Å². The van der Waals surface area contributed by atoms with E-state index >= 15 is 0 Å². The van der Waals surface area contributed by atoms with Crippen LogP contribution in [0.5, 0.6) is 5.75 Å². The Morgan fingerprint density at radius 1 is 1.46 bits per heavy atom. The Morgan fingerprint density at radius 2 is 2.23 bits per heavy atom. The van der Waals surface area contributed by atoms with E-state index < -0.39 is 0 Å². The predicted molar refractivity (Wildman–Crippen MR) is 63.3 cm³/mol. The maximum absolute atomic E-state index is 5.16. The summed E-state index contributed by atoms with van der Waals surface area (Å²) in [4.78, 5) is 1.01. The van der Waals surface area contributed by atoms with Gasteiger partial charge in [0.1, 0.15) is 5.75 Å². The van der Waals surface area contributed by atoms with E-state index in [1.165, 1.54) is 4.70 Å². The van der Waals surface area contributed by atoms with Crippen molar-refractivity contribution in [3.63, 3.8) is 0 Å². The number of ether oxygens (including phenoxy) is 1. The molecule has 1 heterocycles. The fourth-order valence-electron chi connectivity index (χ4n) is 1.20. The van der Waals surface area contributed by atoms with Crippen LogP contribution in [0.2, 0.25) is 0 Å². The number of thiophene rings is 1. The molecule has 0 fully saturated rings. The smallest absolute Gasteiger partial charge is 0.121 e. The van der Waals surface area contributed by atoms with E-state index in [1.54, 1.807) is 18.4 Å². The molecule has 4 heteroatoms. The molecule has 1 aromatic carbocycles. The van der Waals surface area contributed by atoms with Crippen LogP contribution in [0, 0.1) is 0 Å². The van der Waals surface area contributed by atoms with Gasteiger partial charge in [-0.1, -0.05) is 0 Å². The van der Waals surface area contributed by atoms with Crippen LogP contribution in [0.4, 0.5) is 0 Å². The van der Waals surface area contributed by atoms with E-state index in [0.29, 0.717) is 0 Å². The zero-order valence-electron chi connectivity index (χ0n) is 6.87. The third kappa shape index (κ3) is 1.58. The topological polar surface area (TPSA) is 9.23 Å². The van der Waals surface area contributed by atoms with Gasteiger partial charge in [0.05, 0.1) is 7.11 Å². The molecule has 13 heavy (non-hydrogen) atoms. The lowest BCUT2D eigenvalue weighted by Gasteiger charge is -2.01. The van der Waals surface area contributed by atoms with Gasteiger partial charge in [0.2, 0.25) is 0 Å². The molecule has 0 saturated carbocycles. The molecule has 0 amide bonds. The van der Waals surface area contributed by atoms with E-state index in [9.17, 15) is 0 Å². The van der Waals surface area contributed by atoms with Crippen LogP contribution in [0.15, 0.2) is 26.9 Å². The van der Waals surface area contributed by atoms with Gasteiger partial charge in [0.25, 0.3) is 0 Å². The van der Waals surface area contributed by atoms with Crippen molar-refractivity contribution in [3.8, 4) is 5.75 Å². The third-order valence-electron chi connectivity index (χ3n) is 1.82. The summed E-state index contributed by atoms with van der Waals surface area (Å²) in [5, 5.41) is 3.19. The number of thiol groups is 1. The second-order valence-corrected chi connectivity index (χ2v) is 4.85. The Hall–Kier alpha value is -0.190. The number of rotatable bonds is 1. The van der Waals surface area contributed by atoms with Gasteiger partial charge in [-0.25, -0.2) is 0 Å². The number of hydrogen-bond donors (Lipinski definition) is 1. The molecule has 2 aromatic rings. The zero-order chi connectivity index (χ0) is 9.42. The molecule has 2 rings (SSSR count). The van der Waals surface area contributed by atoms with Crippen molar-refractivity contribution in [1.82, 2.24) is 0 Å². The molecular weight excluding hydrogens is 268 g/mol. The van der Waals surface area contributed by atoms with Crippen molar-refractivity contribution in [2.24, 2.45) is 0 Å². The minimum absolute atomic E-state index is 0.870. The summed E-state index contributed by atoms with van der Waals surface area (Å²) in [6, 6.07) is 3.97. The van der Waals surface area contributed by atoms with Crippen molar-refractivity contribution < 1.29 is 4.74 Å². The molecule has 0 aliphatic rings. The van der Waals surface area contributed by atoms with E-state index in [-0.39, 0.29) is 0 Å².